The molecule has 0 bridgehead atoms. The Labute approximate surface area is 106 Å². The quantitative estimate of drug-likeness (QED) is 0.811. The molecule has 4 heteroatoms. The zero-order valence-electron chi connectivity index (χ0n) is 10.2. The molecule has 0 fully saturated rings. The molecule has 0 aromatic heterocycles. The van der Waals surface area contributed by atoms with Gasteiger partial charge in [0.15, 0.2) is 0 Å². The topological polar surface area (TPSA) is 46.5 Å². The summed E-state index contributed by atoms with van der Waals surface area (Å²) < 4.78 is 5.50. The normalized spacial score (nSPS) is 12.1. The largest absolute Gasteiger partial charge is 0.494 e. The van der Waals surface area contributed by atoms with E-state index in [4.69, 9.17) is 9.84 Å². The van der Waals surface area contributed by atoms with Crippen molar-refractivity contribution in [1.29, 1.82) is 0 Å². The fourth-order valence-corrected chi connectivity index (χ4v) is 2.47. The van der Waals surface area contributed by atoms with Crippen LogP contribution in [0.25, 0.3) is 0 Å². The molecule has 0 saturated carbocycles. The number of carbonyl (C=O) groups is 1. The summed E-state index contributed by atoms with van der Waals surface area (Å²) in [6.07, 6.45) is 0.636. The Kier molecular flexibility index (Phi) is 5.91. The van der Waals surface area contributed by atoms with Crippen molar-refractivity contribution in [3.05, 3.63) is 29.8 Å². The van der Waals surface area contributed by atoms with Gasteiger partial charge in [0.1, 0.15) is 11.0 Å². The molecular formula is C13H18O3S. The second kappa shape index (κ2) is 7.22. The number of hydrogen-bond acceptors (Lipinski definition) is 3. The average molecular weight is 254 g/mol. The van der Waals surface area contributed by atoms with E-state index in [-0.39, 0.29) is 5.25 Å². The minimum Gasteiger partial charge on any atom is -0.494 e. The fraction of sp³-hybridized carbons (Fsp3) is 0.462. The minimum absolute atomic E-state index is 0.343. The number of rotatable bonds is 7. The number of carboxylic acids is 1. The second-order valence-electron chi connectivity index (χ2n) is 3.59. The Morgan fingerprint density at radius 3 is 2.71 bits per heavy atom. The molecule has 17 heavy (non-hydrogen) atoms. The van der Waals surface area contributed by atoms with Crippen molar-refractivity contribution >= 4 is 17.7 Å². The highest BCUT2D eigenvalue weighted by Gasteiger charge is 2.16. The standard InChI is InChI=1S/C13H18O3S/c1-3-12(13(14)15)17-9-10-7-5-6-8-11(10)16-4-2/h5-8,12H,3-4,9H2,1-2H3,(H,14,15). The first-order chi connectivity index (χ1) is 8.19. The average Bonchev–Trinajstić information content (AvgIpc) is 2.32. The van der Waals surface area contributed by atoms with Crippen LogP contribution >= 0.6 is 11.8 Å². The lowest BCUT2D eigenvalue weighted by Crippen LogP contribution is -2.15. The predicted octanol–water partition coefficient (Wildman–Crippen LogP) is 3.18. The fourth-order valence-electron chi connectivity index (χ4n) is 1.47. The van der Waals surface area contributed by atoms with E-state index in [1.807, 2.05) is 38.1 Å². The van der Waals surface area contributed by atoms with Crippen LogP contribution in [-0.4, -0.2) is 22.9 Å². The summed E-state index contributed by atoms with van der Waals surface area (Å²) in [6, 6.07) is 7.77. The third kappa shape index (κ3) is 4.30. The Hall–Kier alpha value is -1.16. The number of hydrogen-bond donors (Lipinski definition) is 1. The van der Waals surface area contributed by atoms with Gasteiger partial charge in [0, 0.05) is 11.3 Å². The predicted molar refractivity (Wildman–Crippen MR) is 70.6 cm³/mol. The van der Waals surface area contributed by atoms with Crippen LogP contribution in [-0.2, 0) is 10.5 Å². The van der Waals surface area contributed by atoms with Gasteiger partial charge in [-0.15, -0.1) is 11.8 Å². The lowest BCUT2D eigenvalue weighted by molar-refractivity contribution is -0.136. The molecule has 1 rings (SSSR count). The molecular weight excluding hydrogens is 236 g/mol. The molecule has 1 aromatic carbocycles. The van der Waals surface area contributed by atoms with Crippen LogP contribution in [0.3, 0.4) is 0 Å². The first-order valence-electron chi connectivity index (χ1n) is 5.74. The minimum atomic E-state index is -0.744. The number of ether oxygens (including phenoxy) is 1. The number of benzene rings is 1. The molecule has 1 unspecified atom stereocenters. The molecule has 0 spiro atoms. The van der Waals surface area contributed by atoms with Crippen LogP contribution in [0.15, 0.2) is 24.3 Å². The van der Waals surface area contributed by atoms with Crippen molar-refractivity contribution in [1.82, 2.24) is 0 Å². The summed E-state index contributed by atoms with van der Waals surface area (Å²) in [7, 11) is 0. The van der Waals surface area contributed by atoms with E-state index in [0.717, 1.165) is 11.3 Å². The van der Waals surface area contributed by atoms with Gasteiger partial charge in [0.05, 0.1) is 6.61 Å². The molecule has 0 heterocycles. The van der Waals surface area contributed by atoms with Crippen LogP contribution in [0.1, 0.15) is 25.8 Å². The van der Waals surface area contributed by atoms with Crippen LogP contribution < -0.4 is 4.74 Å². The van der Waals surface area contributed by atoms with Crippen LogP contribution in [0.5, 0.6) is 5.75 Å². The lowest BCUT2D eigenvalue weighted by Gasteiger charge is -2.12. The van der Waals surface area contributed by atoms with Gasteiger partial charge >= 0.3 is 5.97 Å². The van der Waals surface area contributed by atoms with Gasteiger partial charge in [-0.05, 0) is 19.4 Å². The number of thioether (sulfide) groups is 1. The van der Waals surface area contributed by atoms with E-state index >= 15 is 0 Å². The van der Waals surface area contributed by atoms with Gasteiger partial charge in [-0.2, -0.15) is 0 Å². The van der Waals surface area contributed by atoms with Crippen LogP contribution in [0, 0.1) is 0 Å². The van der Waals surface area contributed by atoms with E-state index < -0.39 is 5.97 Å². The van der Waals surface area contributed by atoms with Gasteiger partial charge in [-0.25, -0.2) is 0 Å². The number of para-hydroxylation sites is 1. The number of carboxylic acid groups (broad SMARTS) is 1. The van der Waals surface area contributed by atoms with Gasteiger partial charge in [0.25, 0.3) is 0 Å². The van der Waals surface area contributed by atoms with Gasteiger partial charge in [0.2, 0.25) is 0 Å². The highest BCUT2D eigenvalue weighted by molar-refractivity contribution is 7.99. The maximum atomic E-state index is 10.9. The summed E-state index contributed by atoms with van der Waals surface area (Å²) in [5.74, 6) is 0.773. The van der Waals surface area contributed by atoms with Crippen LogP contribution in [0.2, 0.25) is 0 Å². The van der Waals surface area contributed by atoms with Crippen molar-refractivity contribution in [3.8, 4) is 5.75 Å². The van der Waals surface area contributed by atoms with Crippen molar-refractivity contribution in [2.24, 2.45) is 0 Å². The van der Waals surface area contributed by atoms with E-state index in [1.165, 1.54) is 11.8 Å². The maximum absolute atomic E-state index is 10.9. The third-order valence-corrected chi connectivity index (χ3v) is 3.77. The van der Waals surface area contributed by atoms with E-state index in [0.29, 0.717) is 18.8 Å². The van der Waals surface area contributed by atoms with Crippen molar-refractivity contribution in [3.63, 3.8) is 0 Å². The molecule has 0 saturated heterocycles. The van der Waals surface area contributed by atoms with Gasteiger partial charge < -0.3 is 9.84 Å². The first-order valence-corrected chi connectivity index (χ1v) is 6.79. The summed E-state index contributed by atoms with van der Waals surface area (Å²) >= 11 is 1.44. The lowest BCUT2D eigenvalue weighted by atomic mass is 10.2. The molecule has 94 valence electrons. The Morgan fingerprint density at radius 2 is 2.12 bits per heavy atom. The summed E-state index contributed by atoms with van der Waals surface area (Å²) in [5.41, 5.74) is 1.05. The third-order valence-electron chi connectivity index (χ3n) is 2.36. The first kappa shape index (κ1) is 13.9. The SMILES string of the molecule is CCOc1ccccc1CSC(CC)C(=O)O. The summed E-state index contributed by atoms with van der Waals surface area (Å²) in [5, 5.41) is 8.63. The molecule has 0 aliphatic heterocycles. The maximum Gasteiger partial charge on any atom is 0.316 e. The van der Waals surface area contributed by atoms with E-state index in [9.17, 15) is 4.79 Å². The molecule has 0 aliphatic rings. The smallest absolute Gasteiger partial charge is 0.316 e. The monoisotopic (exact) mass is 254 g/mol. The van der Waals surface area contributed by atoms with Gasteiger partial charge in [-0.1, -0.05) is 25.1 Å². The highest BCUT2D eigenvalue weighted by Crippen LogP contribution is 2.26. The second-order valence-corrected chi connectivity index (χ2v) is 4.78. The Morgan fingerprint density at radius 1 is 1.41 bits per heavy atom. The zero-order chi connectivity index (χ0) is 12.7. The molecule has 1 aromatic rings. The van der Waals surface area contributed by atoms with E-state index in [2.05, 4.69) is 0 Å². The Balaban J connectivity index is 2.64. The van der Waals surface area contributed by atoms with Crippen molar-refractivity contribution in [2.75, 3.05) is 6.61 Å². The molecule has 1 atom stereocenters. The molecule has 0 radical (unpaired) electrons. The highest BCUT2D eigenvalue weighted by atomic mass is 32.2. The molecule has 0 amide bonds. The van der Waals surface area contributed by atoms with Gasteiger partial charge in [-0.3, -0.25) is 4.79 Å². The van der Waals surface area contributed by atoms with Crippen molar-refractivity contribution < 1.29 is 14.6 Å². The zero-order valence-corrected chi connectivity index (χ0v) is 11.0. The summed E-state index contributed by atoms with van der Waals surface area (Å²) in [6.45, 7) is 4.45. The number of aliphatic carboxylic acids is 1. The van der Waals surface area contributed by atoms with E-state index in [1.54, 1.807) is 0 Å². The van der Waals surface area contributed by atoms with Crippen molar-refractivity contribution in [2.45, 2.75) is 31.3 Å². The summed E-state index contributed by atoms with van der Waals surface area (Å²) in [4.78, 5) is 10.9. The Bertz CT molecular complexity index is 365. The molecule has 0 aliphatic carbocycles. The molecule has 1 N–H and O–H groups in total. The van der Waals surface area contributed by atoms with Crippen LogP contribution in [0.4, 0.5) is 0 Å². The molecule has 3 nitrogen and oxygen atoms in total.